The summed E-state index contributed by atoms with van der Waals surface area (Å²) in [6.45, 7) is 0.700. The number of aryl methyl sites for hydroxylation is 1. The van der Waals surface area contributed by atoms with Crippen molar-refractivity contribution in [3.8, 4) is 5.75 Å². The number of carbonyl (C=O) groups excluding carboxylic acids is 1. The molecule has 20 heavy (non-hydrogen) atoms. The lowest BCUT2D eigenvalue weighted by atomic mass is 10.2. The molecule has 0 aliphatic rings. The molecule has 0 spiro atoms. The minimum absolute atomic E-state index is 0.407. The van der Waals surface area contributed by atoms with E-state index in [1.165, 1.54) is 0 Å². The van der Waals surface area contributed by atoms with Crippen LogP contribution in [0.5, 0.6) is 5.75 Å². The summed E-state index contributed by atoms with van der Waals surface area (Å²) in [5, 5.41) is 10.6. The van der Waals surface area contributed by atoms with Crippen molar-refractivity contribution in [2.75, 3.05) is 13.2 Å². The summed E-state index contributed by atoms with van der Waals surface area (Å²) in [4.78, 5) is 11.3. The zero-order valence-electron chi connectivity index (χ0n) is 10.9. The third-order valence-electron chi connectivity index (χ3n) is 2.57. The maximum Gasteiger partial charge on any atom is 0.416 e. The third kappa shape index (κ3) is 5.48. The molecule has 0 aliphatic heterocycles. The second-order valence-corrected chi connectivity index (χ2v) is 4.15. The number of hydrogen-bond acceptors (Lipinski definition) is 3. The first kappa shape index (κ1) is 16.3. The van der Waals surface area contributed by atoms with Crippen LogP contribution in [0.1, 0.15) is 12.5 Å². The first-order valence-electron chi connectivity index (χ1n) is 6.06. The molecule has 112 valence electrons. The Hall–Kier alpha value is -1.76. The summed E-state index contributed by atoms with van der Waals surface area (Å²) in [6.07, 6.45) is -6.45. The van der Waals surface area contributed by atoms with Crippen LogP contribution in [0.3, 0.4) is 0 Å². The van der Waals surface area contributed by atoms with Gasteiger partial charge in [-0.1, -0.05) is 19.1 Å². The minimum atomic E-state index is -4.75. The van der Waals surface area contributed by atoms with Crippen LogP contribution >= 0.6 is 0 Å². The topological polar surface area (TPSA) is 58.6 Å². The van der Waals surface area contributed by atoms with Gasteiger partial charge in [0.25, 0.3) is 5.91 Å². The lowest BCUT2D eigenvalue weighted by molar-refractivity contribution is -0.201. The molecule has 0 fully saturated rings. The summed E-state index contributed by atoms with van der Waals surface area (Å²) in [5.41, 5.74) is 1.11. The second-order valence-electron chi connectivity index (χ2n) is 4.15. The highest BCUT2D eigenvalue weighted by molar-refractivity contribution is 5.77. The molecule has 0 radical (unpaired) electrons. The number of ether oxygens (including phenoxy) is 1. The SMILES string of the molecule is CCc1ccc(OCC(=O)NCC(O)C(F)(F)F)cc1. The Morgan fingerprint density at radius 2 is 1.95 bits per heavy atom. The van der Waals surface area contributed by atoms with Crippen molar-refractivity contribution < 1.29 is 27.8 Å². The van der Waals surface area contributed by atoms with Gasteiger partial charge in [0.15, 0.2) is 12.7 Å². The van der Waals surface area contributed by atoms with Gasteiger partial charge in [-0.05, 0) is 24.1 Å². The molecule has 1 atom stereocenters. The Morgan fingerprint density at radius 3 is 2.45 bits per heavy atom. The molecule has 1 aromatic carbocycles. The van der Waals surface area contributed by atoms with Crippen LogP contribution in [0.2, 0.25) is 0 Å². The molecule has 4 nitrogen and oxygen atoms in total. The van der Waals surface area contributed by atoms with Crippen LogP contribution in [0.15, 0.2) is 24.3 Å². The summed E-state index contributed by atoms with van der Waals surface area (Å²) >= 11 is 0. The van der Waals surface area contributed by atoms with Gasteiger partial charge in [-0.2, -0.15) is 13.2 Å². The van der Waals surface area contributed by atoms with Crippen molar-refractivity contribution in [3.63, 3.8) is 0 Å². The Kier molecular flexibility index (Phi) is 5.82. The lowest BCUT2D eigenvalue weighted by Gasteiger charge is -2.15. The molecule has 7 heteroatoms. The normalized spacial score (nSPS) is 12.8. The highest BCUT2D eigenvalue weighted by Gasteiger charge is 2.38. The average molecular weight is 291 g/mol. The van der Waals surface area contributed by atoms with Gasteiger partial charge < -0.3 is 15.2 Å². The van der Waals surface area contributed by atoms with E-state index in [4.69, 9.17) is 9.84 Å². The van der Waals surface area contributed by atoms with E-state index in [1.807, 2.05) is 24.4 Å². The van der Waals surface area contributed by atoms with E-state index in [1.54, 1.807) is 12.1 Å². The zero-order chi connectivity index (χ0) is 15.2. The van der Waals surface area contributed by atoms with Crippen LogP contribution in [0.4, 0.5) is 13.2 Å². The Labute approximate surface area is 114 Å². The average Bonchev–Trinajstić information content (AvgIpc) is 2.41. The number of benzene rings is 1. The smallest absolute Gasteiger partial charge is 0.416 e. The number of carbonyl (C=O) groups is 1. The second kappa shape index (κ2) is 7.14. The number of aliphatic hydroxyl groups is 1. The fourth-order valence-corrected chi connectivity index (χ4v) is 1.35. The van der Waals surface area contributed by atoms with Crippen molar-refractivity contribution in [2.24, 2.45) is 0 Å². The van der Waals surface area contributed by atoms with E-state index < -0.39 is 31.3 Å². The third-order valence-corrected chi connectivity index (χ3v) is 2.57. The standard InChI is InChI=1S/C13H16F3NO3/c1-2-9-3-5-10(6-4-9)20-8-12(19)17-7-11(18)13(14,15)16/h3-6,11,18H,2,7-8H2,1H3,(H,17,19). The molecular formula is C13H16F3NO3. The highest BCUT2D eigenvalue weighted by atomic mass is 19.4. The first-order valence-corrected chi connectivity index (χ1v) is 6.06. The van der Waals surface area contributed by atoms with Gasteiger partial charge in [0.2, 0.25) is 0 Å². The Balaban J connectivity index is 2.32. The van der Waals surface area contributed by atoms with E-state index in [0.29, 0.717) is 5.75 Å². The molecule has 1 amide bonds. The van der Waals surface area contributed by atoms with Crippen molar-refractivity contribution in [1.82, 2.24) is 5.32 Å². The number of halogens is 3. The quantitative estimate of drug-likeness (QED) is 0.838. The number of hydrogen-bond donors (Lipinski definition) is 2. The van der Waals surface area contributed by atoms with Gasteiger partial charge in [-0.15, -0.1) is 0 Å². The van der Waals surface area contributed by atoms with Gasteiger partial charge in [0.1, 0.15) is 5.75 Å². The highest BCUT2D eigenvalue weighted by Crippen LogP contribution is 2.19. The van der Waals surface area contributed by atoms with Gasteiger partial charge in [0, 0.05) is 0 Å². The fourth-order valence-electron chi connectivity index (χ4n) is 1.35. The zero-order valence-corrected chi connectivity index (χ0v) is 10.9. The van der Waals surface area contributed by atoms with Gasteiger partial charge in [-0.3, -0.25) is 4.79 Å². The van der Waals surface area contributed by atoms with Crippen LogP contribution < -0.4 is 10.1 Å². The van der Waals surface area contributed by atoms with Crippen molar-refractivity contribution in [3.05, 3.63) is 29.8 Å². The van der Waals surface area contributed by atoms with Crippen molar-refractivity contribution >= 4 is 5.91 Å². The molecule has 0 bridgehead atoms. The summed E-state index contributed by atoms with van der Waals surface area (Å²) in [5.74, 6) is -0.276. The minimum Gasteiger partial charge on any atom is -0.484 e. The summed E-state index contributed by atoms with van der Waals surface area (Å²) in [6, 6.07) is 7.02. The van der Waals surface area contributed by atoms with Crippen molar-refractivity contribution in [2.45, 2.75) is 25.6 Å². The summed E-state index contributed by atoms with van der Waals surface area (Å²) < 4.78 is 41.1. The molecule has 2 N–H and O–H groups in total. The fraction of sp³-hybridized carbons (Fsp3) is 0.462. The lowest BCUT2D eigenvalue weighted by Crippen LogP contribution is -2.42. The van der Waals surface area contributed by atoms with Crippen LogP contribution in [-0.4, -0.2) is 36.4 Å². The molecule has 1 aromatic rings. The van der Waals surface area contributed by atoms with E-state index in [2.05, 4.69) is 0 Å². The maximum atomic E-state index is 12.0. The molecule has 0 heterocycles. The largest absolute Gasteiger partial charge is 0.484 e. The number of amides is 1. The van der Waals surface area contributed by atoms with Crippen molar-refractivity contribution in [1.29, 1.82) is 0 Å². The Bertz CT molecular complexity index is 431. The molecule has 0 aliphatic carbocycles. The number of nitrogens with one attached hydrogen (secondary N) is 1. The molecule has 1 rings (SSSR count). The van der Waals surface area contributed by atoms with Gasteiger partial charge in [0.05, 0.1) is 6.54 Å². The molecule has 1 unspecified atom stereocenters. The Morgan fingerprint density at radius 1 is 1.35 bits per heavy atom. The van der Waals surface area contributed by atoms with E-state index in [0.717, 1.165) is 12.0 Å². The first-order chi connectivity index (χ1) is 9.32. The maximum absolute atomic E-state index is 12.0. The van der Waals surface area contributed by atoms with Gasteiger partial charge in [-0.25, -0.2) is 0 Å². The van der Waals surface area contributed by atoms with E-state index >= 15 is 0 Å². The molecule has 0 saturated carbocycles. The van der Waals surface area contributed by atoms with Crippen LogP contribution in [0, 0.1) is 0 Å². The predicted octanol–water partition coefficient (Wildman–Crippen LogP) is 1.67. The van der Waals surface area contributed by atoms with Crippen LogP contribution in [-0.2, 0) is 11.2 Å². The number of aliphatic hydroxyl groups excluding tert-OH is 1. The number of rotatable bonds is 6. The van der Waals surface area contributed by atoms with Crippen LogP contribution in [0.25, 0.3) is 0 Å². The van der Waals surface area contributed by atoms with E-state index in [9.17, 15) is 18.0 Å². The predicted molar refractivity (Wildman–Crippen MR) is 66.4 cm³/mol. The van der Waals surface area contributed by atoms with Gasteiger partial charge >= 0.3 is 6.18 Å². The molecular weight excluding hydrogens is 275 g/mol. The van der Waals surface area contributed by atoms with E-state index in [-0.39, 0.29) is 0 Å². The monoisotopic (exact) mass is 291 g/mol. The molecule has 0 saturated heterocycles. The number of alkyl halides is 3. The molecule has 0 aromatic heterocycles. The summed E-state index contributed by atoms with van der Waals surface area (Å²) in [7, 11) is 0.